The van der Waals surface area contributed by atoms with Gasteiger partial charge in [-0.1, -0.05) is 25.5 Å². The summed E-state index contributed by atoms with van der Waals surface area (Å²) in [5.74, 6) is -2.42. The number of carboxylic acids is 1. The summed E-state index contributed by atoms with van der Waals surface area (Å²) >= 11 is 0. The lowest BCUT2D eigenvalue weighted by molar-refractivity contribution is -0.142. The number of hydrogen-bond donors (Lipinski definition) is 3. The Morgan fingerprint density at radius 1 is 1.29 bits per heavy atom. The van der Waals surface area contributed by atoms with Gasteiger partial charge in [-0.05, 0) is 56.1 Å². The van der Waals surface area contributed by atoms with Crippen LogP contribution >= 0.6 is 0 Å². The van der Waals surface area contributed by atoms with Gasteiger partial charge in [0.15, 0.2) is 11.6 Å². The van der Waals surface area contributed by atoms with E-state index >= 15 is 0 Å². The van der Waals surface area contributed by atoms with E-state index < -0.39 is 29.8 Å². The maximum absolute atomic E-state index is 13.7. The van der Waals surface area contributed by atoms with E-state index in [1.165, 1.54) is 6.08 Å². The standard InChI is InChI=1S/C26H36F2O6/c1-2-3-17(26(31)32)6-4-16-5-9-21-20(23(30)13-24(21)33-14-16)10-8-19(29)15-34-25-12-18(27)7-11-22(25)28/h7-8,10-12,16-17,19-21,23-24,29-30H,2-6,9,13-15H2,1H3,(H,31,32)/t16-,17?,19-,20-,21-,23+,24+/m1/s1. The molecule has 3 rings (SSSR count). The monoisotopic (exact) mass is 482 g/mol. The quantitative estimate of drug-likeness (QED) is 0.406. The van der Waals surface area contributed by atoms with Crippen LogP contribution < -0.4 is 4.74 Å². The van der Waals surface area contributed by atoms with Crippen LogP contribution in [0.25, 0.3) is 0 Å². The van der Waals surface area contributed by atoms with Crippen molar-refractivity contribution in [3.63, 3.8) is 0 Å². The second-order valence-electron chi connectivity index (χ2n) is 9.60. The Kier molecular flexibility index (Phi) is 9.85. The molecule has 7 atom stereocenters. The number of halogens is 2. The third-order valence-electron chi connectivity index (χ3n) is 7.11. The minimum absolute atomic E-state index is 0.0738. The van der Waals surface area contributed by atoms with Crippen LogP contribution in [-0.2, 0) is 9.53 Å². The molecule has 1 saturated heterocycles. The third kappa shape index (κ3) is 7.23. The van der Waals surface area contributed by atoms with Crippen molar-refractivity contribution in [2.45, 2.75) is 70.2 Å². The van der Waals surface area contributed by atoms with Gasteiger partial charge in [-0.3, -0.25) is 4.79 Å². The average molecular weight is 483 g/mol. The molecule has 0 bridgehead atoms. The van der Waals surface area contributed by atoms with Crippen LogP contribution in [0.1, 0.15) is 51.9 Å². The Hall–Kier alpha value is -2.03. The third-order valence-corrected chi connectivity index (χ3v) is 7.11. The van der Waals surface area contributed by atoms with Crippen molar-refractivity contribution < 1.29 is 38.4 Å². The zero-order chi connectivity index (χ0) is 24.7. The molecule has 34 heavy (non-hydrogen) atoms. The number of hydrogen-bond acceptors (Lipinski definition) is 5. The molecule has 1 aromatic rings. The van der Waals surface area contributed by atoms with Crippen LogP contribution in [-0.4, -0.2) is 52.8 Å². The van der Waals surface area contributed by atoms with Gasteiger partial charge in [0, 0.05) is 25.0 Å². The van der Waals surface area contributed by atoms with E-state index in [2.05, 4.69) is 0 Å². The molecule has 0 radical (unpaired) electrons. The maximum Gasteiger partial charge on any atom is 0.306 e. The molecule has 1 heterocycles. The largest absolute Gasteiger partial charge is 0.487 e. The summed E-state index contributed by atoms with van der Waals surface area (Å²) in [4.78, 5) is 11.4. The van der Waals surface area contributed by atoms with Crippen LogP contribution in [0, 0.1) is 35.3 Å². The van der Waals surface area contributed by atoms with Crippen LogP contribution in [0.3, 0.4) is 0 Å². The van der Waals surface area contributed by atoms with Crippen LogP contribution in [0.5, 0.6) is 5.75 Å². The van der Waals surface area contributed by atoms with Crippen molar-refractivity contribution in [3.8, 4) is 5.75 Å². The Morgan fingerprint density at radius 3 is 2.82 bits per heavy atom. The van der Waals surface area contributed by atoms with E-state index in [0.717, 1.165) is 43.9 Å². The molecular formula is C26H36F2O6. The molecule has 0 spiro atoms. The van der Waals surface area contributed by atoms with Gasteiger partial charge < -0.3 is 24.8 Å². The number of aliphatic carboxylic acids is 1. The Labute approximate surface area is 199 Å². The molecule has 6 nitrogen and oxygen atoms in total. The molecule has 2 fully saturated rings. The zero-order valence-electron chi connectivity index (χ0n) is 19.6. The highest BCUT2D eigenvalue weighted by Gasteiger charge is 2.43. The maximum atomic E-state index is 13.7. The number of ether oxygens (including phenoxy) is 2. The fourth-order valence-corrected chi connectivity index (χ4v) is 5.19. The predicted molar refractivity (Wildman–Crippen MR) is 122 cm³/mol. The van der Waals surface area contributed by atoms with Gasteiger partial charge in [-0.15, -0.1) is 0 Å². The molecule has 2 aliphatic rings. The number of aliphatic hydroxyl groups is 2. The van der Waals surface area contributed by atoms with Crippen molar-refractivity contribution in [1.29, 1.82) is 0 Å². The fraction of sp³-hybridized carbons (Fsp3) is 0.654. The van der Waals surface area contributed by atoms with E-state index in [1.807, 2.05) is 6.92 Å². The van der Waals surface area contributed by atoms with Crippen molar-refractivity contribution in [2.75, 3.05) is 13.2 Å². The lowest BCUT2D eigenvalue weighted by atomic mass is 9.85. The number of rotatable bonds is 11. The lowest BCUT2D eigenvalue weighted by Crippen LogP contribution is -2.22. The number of benzene rings is 1. The summed E-state index contributed by atoms with van der Waals surface area (Å²) in [6.45, 7) is 2.32. The van der Waals surface area contributed by atoms with Crippen molar-refractivity contribution in [2.24, 2.45) is 23.7 Å². The molecule has 190 valence electrons. The van der Waals surface area contributed by atoms with Gasteiger partial charge in [0.25, 0.3) is 0 Å². The Balaban J connectivity index is 1.51. The van der Waals surface area contributed by atoms with Crippen molar-refractivity contribution in [1.82, 2.24) is 0 Å². The molecule has 0 aromatic heterocycles. The first-order valence-electron chi connectivity index (χ1n) is 12.2. The molecule has 1 aliphatic heterocycles. The highest BCUT2D eigenvalue weighted by molar-refractivity contribution is 5.69. The summed E-state index contributed by atoms with van der Waals surface area (Å²) in [7, 11) is 0. The summed E-state index contributed by atoms with van der Waals surface area (Å²) in [5.41, 5.74) is 0. The number of carbonyl (C=O) groups is 1. The SMILES string of the molecule is CCCC(CC[C@@H]1CC[C@@H]2[C@@H](C=C[C@@H](O)COc3cc(F)ccc3F)[C@@H](O)C[C@@H]2OC1)C(=O)O. The van der Waals surface area contributed by atoms with Gasteiger partial charge >= 0.3 is 5.97 Å². The molecule has 3 N–H and O–H groups in total. The molecule has 0 amide bonds. The molecule has 1 aliphatic carbocycles. The topological polar surface area (TPSA) is 96.2 Å². The first-order valence-corrected chi connectivity index (χ1v) is 12.2. The van der Waals surface area contributed by atoms with E-state index in [-0.39, 0.29) is 36.2 Å². The second kappa shape index (κ2) is 12.6. The lowest BCUT2D eigenvalue weighted by Gasteiger charge is -2.21. The molecule has 8 heteroatoms. The van der Waals surface area contributed by atoms with Gasteiger partial charge in [-0.2, -0.15) is 0 Å². The Bertz CT molecular complexity index is 832. The number of aliphatic hydroxyl groups excluding tert-OH is 2. The summed E-state index contributed by atoms with van der Waals surface area (Å²) < 4.78 is 38.2. The first kappa shape index (κ1) is 26.6. The number of carboxylic acid groups (broad SMARTS) is 1. The van der Waals surface area contributed by atoms with Gasteiger partial charge in [0.2, 0.25) is 0 Å². The molecular weight excluding hydrogens is 446 g/mol. The first-order chi connectivity index (χ1) is 16.3. The summed E-state index contributed by atoms with van der Waals surface area (Å²) in [5, 5.41) is 30.2. The smallest absolute Gasteiger partial charge is 0.306 e. The normalized spacial score (nSPS) is 28.9. The second-order valence-corrected chi connectivity index (χ2v) is 9.60. The minimum Gasteiger partial charge on any atom is -0.487 e. The van der Waals surface area contributed by atoms with Crippen LogP contribution in [0.2, 0.25) is 0 Å². The highest BCUT2D eigenvalue weighted by Crippen LogP contribution is 2.42. The fourth-order valence-electron chi connectivity index (χ4n) is 5.19. The molecule has 1 unspecified atom stereocenters. The minimum atomic E-state index is -1.04. The van der Waals surface area contributed by atoms with Crippen LogP contribution in [0.15, 0.2) is 30.4 Å². The van der Waals surface area contributed by atoms with E-state index in [4.69, 9.17) is 9.47 Å². The number of fused-ring (bicyclic) bond motifs is 1. The van der Waals surface area contributed by atoms with Gasteiger partial charge in [0.1, 0.15) is 18.5 Å². The Morgan fingerprint density at radius 2 is 2.09 bits per heavy atom. The van der Waals surface area contributed by atoms with E-state index in [0.29, 0.717) is 31.8 Å². The average Bonchev–Trinajstić information content (AvgIpc) is 2.96. The van der Waals surface area contributed by atoms with E-state index in [1.54, 1.807) is 6.08 Å². The van der Waals surface area contributed by atoms with Gasteiger partial charge in [-0.25, -0.2) is 8.78 Å². The van der Waals surface area contributed by atoms with Crippen molar-refractivity contribution >= 4 is 5.97 Å². The molecule has 1 aromatic carbocycles. The van der Waals surface area contributed by atoms with E-state index in [9.17, 15) is 28.9 Å². The van der Waals surface area contributed by atoms with Crippen LogP contribution in [0.4, 0.5) is 8.78 Å². The zero-order valence-corrected chi connectivity index (χ0v) is 19.6. The van der Waals surface area contributed by atoms with Gasteiger partial charge in [0.05, 0.1) is 18.1 Å². The summed E-state index contributed by atoms with van der Waals surface area (Å²) in [6, 6.07) is 2.88. The molecule has 1 saturated carbocycles. The summed E-state index contributed by atoms with van der Waals surface area (Å²) in [6.07, 6.45) is 6.87. The highest BCUT2D eigenvalue weighted by atomic mass is 19.1. The van der Waals surface area contributed by atoms with Crippen molar-refractivity contribution in [3.05, 3.63) is 42.0 Å². The predicted octanol–water partition coefficient (Wildman–Crippen LogP) is 4.33.